The van der Waals surface area contributed by atoms with Gasteiger partial charge < -0.3 is 9.26 Å². The maximum absolute atomic E-state index is 12.4. The van der Waals surface area contributed by atoms with Crippen molar-refractivity contribution in [2.24, 2.45) is 0 Å². The Bertz CT molecular complexity index is 1180. The van der Waals surface area contributed by atoms with E-state index in [4.69, 9.17) is 9.26 Å². The van der Waals surface area contributed by atoms with Gasteiger partial charge in [0.05, 0.1) is 10.6 Å². The standard InChI is InChI=1S/C17H12N6O5/c1-10-14(16-18-7-2-8-22(16)20-10)17(24)27-9-13-19-15(21-28-13)11-3-5-12(6-4-11)23(25)26/h2-8H,9H2,1H3. The van der Waals surface area contributed by atoms with Gasteiger partial charge in [0.1, 0.15) is 5.56 Å². The third kappa shape index (κ3) is 3.16. The predicted molar refractivity (Wildman–Crippen MR) is 93.2 cm³/mol. The molecule has 140 valence electrons. The van der Waals surface area contributed by atoms with Crippen molar-refractivity contribution < 1.29 is 19.0 Å². The van der Waals surface area contributed by atoms with Gasteiger partial charge in [-0.25, -0.2) is 14.3 Å². The summed E-state index contributed by atoms with van der Waals surface area (Å²) in [6, 6.07) is 7.39. The zero-order valence-corrected chi connectivity index (χ0v) is 14.5. The number of hydrogen-bond acceptors (Lipinski definition) is 9. The number of carbonyl (C=O) groups is 1. The molecule has 0 aliphatic carbocycles. The topological polar surface area (TPSA) is 139 Å². The van der Waals surface area contributed by atoms with E-state index in [0.717, 1.165) is 0 Å². The van der Waals surface area contributed by atoms with Crippen molar-refractivity contribution >= 4 is 17.3 Å². The Morgan fingerprint density at radius 2 is 2.11 bits per heavy atom. The van der Waals surface area contributed by atoms with E-state index in [0.29, 0.717) is 16.9 Å². The molecule has 0 aliphatic heterocycles. The predicted octanol–water partition coefficient (Wildman–Crippen LogP) is 2.35. The number of aryl methyl sites for hydroxylation is 1. The van der Waals surface area contributed by atoms with Gasteiger partial charge in [0.15, 0.2) is 12.3 Å². The Hall–Kier alpha value is -4.15. The van der Waals surface area contributed by atoms with Crippen molar-refractivity contribution in [2.45, 2.75) is 13.5 Å². The second-order valence-corrected chi connectivity index (χ2v) is 5.74. The maximum atomic E-state index is 12.4. The Morgan fingerprint density at radius 1 is 1.32 bits per heavy atom. The van der Waals surface area contributed by atoms with Gasteiger partial charge in [0, 0.05) is 30.1 Å². The van der Waals surface area contributed by atoms with Crippen LogP contribution in [-0.4, -0.2) is 35.6 Å². The molecule has 3 aromatic heterocycles. The molecule has 0 N–H and O–H groups in total. The van der Waals surface area contributed by atoms with Crippen LogP contribution in [0.4, 0.5) is 5.69 Å². The van der Waals surface area contributed by atoms with Gasteiger partial charge in [-0.05, 0) is 25.1 Å². The van der Waals surface area contributed by atoms with Crippen molar-refractivity contribution in [3.8, 4) is 11.4 Å². The van der Waals surface area contributed by atoms with Gasteiger partial charge in [-0.3, -0.25) is 10.1 Å². The molecule has 0 spiro atoms. The van der Waals surface area contributed by atoms with Crippen LogP contribution in [0.15, 0.2) is 47.2 Å². The number of hydrogen-bond donors (Lipinski definition) is 0. The fourth-order valence-corrected chi connectivity index (χ4v) is 2.60. The second-order valence-electron chi connectivity index (χ2n) is 5.74. The molecule has 4 rings (SSSR count). The molecular weight excluding hydrogens is 368 g/mol. The third-order valence-electron chi connectivity index (χ3n) is 3.91. The number of fused-ring (bicyclic) bond motifs is 1. The van der Waals surface area contributed by atoms with Gasteiger partial charge in [0.25, 0.3) is 11.6 Å². The zero-order chi connectivity index (χ0) is 19.7. The van der Waals surface area contributed by atoms with Gasteiger partial charge in [-0.15, -0.1) is 0 Å². The van der Waals surface area contributed by atoms with Crippen molar-refractivity contribution in [2.75, 3.05) is 0 Å². The van der Waals surface area contributed by atoms with Crippen LogP contribution in [0.1, 0.15) is 21.9 Å². The third-order valence-corrected chi connectivity index (χ3v) is 3.91. The summed E-state index contributed by atoms with van der Waals surface area (Å²) >= 11 is 0. The highest BCUT2D eigenvalue weighted by Gasteiger charge is 2.20. The Labute approximate surface area is 156 Å². The number of aromatic nitrogens is 5. The van der Waals surface area contributed by atoms with E-state index in [2.05, 4.69) is 20.2 Å². The molecule has 0 unspecified atom stereocenters. The van der Waals surface area contributed by atoms with Crippen LogP contribution in [0.3, 0.4) is 0 Å². The number of rotatable bonds is 5. The first-order chi connectivity index (χ1) is 13.5. The number of nitro groups is 1. The summed E-state index contributed by atoms with van der Waals surface area (Å²) in [6.45, 7) is 1.45. The first-order valence-electron chi connectivity index (χ1n) is 8.07. The average Bonchev–Trinajstić information content (AvgIpc) is 3.30. The summed E-state index contributed by atoms with van der Waals surface area (Å²) in [5, 5.41) is 18.7. The van der Waals surface area contributed by atoms with Gasteiger partial charge >= 0.3 is 5.97 Å². The molecule has 28 heavy (non-hydrogen) atoms. The number of nitro benzene ring substituents is 1. The molecule has 3 heterocycles. The van der Waals surface area contributed by atoms with Gasteiger partial charge in [-0.1, -0.05) is 5.16 Å². The fourth-order valence-electron chi connectivity index (χ4n) is 2.60. The van der Waals surface area contributed by atoms with Crippen molar-refractivity contribution in [1.29, 1.82) is 0 Å². The van der Waals surface area contributed by atoms with Gasteiger partial charge in [-0.2, -0.15) is 10.1 Å². The summed E-state index contributed by atoms with van der Waals surface area (Å²) in [6.07, 6.45) is 3.24. The second kappa shape index (κ2) is 6.87. The number of esters is 1. The molecule has 0 fully saturated rings. The van der Waals surface area contributed by atoms with E-state index in [1.165, 1.54) is 28.8 Å². The Morgan fingerprint density at radius 3 is 2.86 bits per heavy atom. The van der Waals surface area contributed by atoms with E-state index in [1.807, 2.05) is 0 Å². The molecule has 0 saturated carbocycles. The van der Waals surface area contributed by atoms with E-state index >= 15 is 0 Å². The van der Waals surface area contributed by atoms with E-state index in [9.17, 15) is 14.9 Å². The molecule has 11 nitrogen and oxygen atoms in total. The van der Waals surface area contributed by atoms with Crippen LogP contribution in [0, 0.1) is 17.0 Å². The highest BCUT2D eigenvalue weighted by molar-refractivity contribution is 5.97. The molecule has 0 aliphatic rings. The summed E-state index contributed by atoms with van der Waals surface area (Å²) in [5.74, 6) is -0.292. The first-order valence-corrected chi connectivity index (χ1v) is 8.07. The first kappa shape index (κ1) is 17.3. The molecule has 1 aromatic carbocycles. The van der Waals surface area contributed by atoms with Crippen LogP contribution in [0.5, 0.6) is 0 Å². The number of non-ortho nitro benzene ring substituents is 1. The number of carbonyl (C=O) groups excluding carboxylic acids is 1. The molecule has 0 radical (unpaired) electrons. The lowest BCUT2D eigenvalue weighted by Gasteiger charge is -2.00. The van der Waals surface area contributed by atoms with E-state index < -0.39 is 10.9 Å². The zero-order valence-electron chi connectivity index (χ0n) is 14.5. The number of benzene rings is 1. The lowest BCUT2D eigenvalue weighted by molar-refractivity contribution is -0.384. The minimum atomic E-state index is -0.610. The van der Waals surface area contributed by atoms with Gasteiger partial charge in [0.2, 0.25) is 5.82 Å². The molecule has 0 saturated heterocycles. The quantitative estimate of drug-likeness (QED) is 0.290. The van der Waals surface area contributed by atoms with Crippen LogP contribution in [-0.2, 0) is 11.3 Å². The monoisotopic (exact) mass is 380 g/mol. The molecule has 0 bridgehead atoms. The average molecular weight is 380 g/mol. The minimum Gasteiger partial charge on any atom is -0.452 e. The van der Waals surface area contributed by atoms with Crippen LogP contribution in [0.25, 0.3) is 17.0 Å². The van der Waals surface area contributed by atoms with Crippen LogP contribution >= 0.6 is 0 Å². The molecule has 4 aromatic rings. The fraction of sp³-hybridized carbons (Fsp3) is 0.118. The van der Waals surface area contributed by atoms with E-state index in [1.54, 1.807) is 25.4 Å². The SMILES string of the molecule is Cc1nn2cccnc2c1C(=O)OCc1nc(-c2ccc([N+](=O)[O-])cc2)no1. The Kier molecular flexibility index (Phi) is 4.24. The molecular formula is C17H12N6O5. The van der Waals surface area contributed by atoms with E-state index in [-0.39, 0.29) is 29.6 Å². The minimum absolute atomic E-state index is 0.0428. The maximum Gasteiger partial charge on any atom is 0.344 e. The largest absolute Gasteiger partial charge is 0.452 e. The molecule has 0 atom stereocenters. The smallest absolute Gasteiger partial charge is 0.344 e. The number of ether oxygens (including phenoxy) is 1. The normalized spacial score (nSPS) is 10.9. The Balaban J connectivity index is 1.47. The van der Waals surface area contributed by atoms with Crippen molar-refractivity contribution in [3.63, 3.8) is 0 Å². The summed E-state index contributed by atoms with van der Waals surface area (Å²) in [5.41, 5.74) is 1.63. The highest BCUT2D eigenvalue weighted by Crippen LogP contribution is 2.20. The lowest BCUT2D eigenvalue weighted by atomic mass is 10.2. The summed E-state index contributed by atoms with van der Waals surface area (Å²) in [7, 11) is 0. The molecule has 0 amide bonds. The summed E-state index contributed by atoms with van der Waals surface area (Å²) in [4.78, 5) is 30.9. The summed E-state index contributed by atoms with van der Waals surface area (Å²) < 4.78 is 11.8. The van der Waals surface area contributed by atoms with Crippen LogP contribution in [0.2, 0.25) is 0 Å². The highest BCUT2D eigenvalue weighted by atomic mass is 16.6. The van der Waals surface area contributed by atoms with Crippen molar-refractivity contribution in [3.05, 3.63) is 70.0 Å². The van der Waals surface area contributed by atoms with Crippen LogP contribution < -0.4 is 0 Å². The molecule has 11 heteroatoms. The lowest BCUT2D eigenvalue weighted by Crippen LogP contribution is -2.07. The number of nitrogens with zero attached hydrogens (tertiary/aromatic N) is 6. The van der Waals surface area contributed by atoms with Crippen molar-refractivity contribution in [1.82, 2.24) is 24.7 Å².